The van der Waals surface area contributed by atoms with Gasteiger partial charge in [0.15, 0.2) is 0 Å². The van der Waals surface area contributed by atoms with Crippen LogP contribution in [0.4, 0.5) is 0 Å². The number of nitrogens with one attached hydrogen (secondary N) is 1. The van der Waals surface area contributed by atoms with Crippen LogP contribution in [0.3, 0.4) is 0 Å². The lowest BCUT2D eigenvalue weighted by molar-refractivity contribution is 0.0946. The van der Waals surface area contributed by atoms with E-state index in [1.165, 1.54) is 0 Å². The van der Waals surface area contributed by atoms with Crippen molar-refractivity contribution in [1.82, 2.24) is 30.5 Å². The quantitative estimate of drug-likeness (QED) is 0.594. The average Bonchev–Trinajstić information content (AvgIpc) is 3.27. The number of halogens is 1. The minimum absolute atomic E-state index is 0.126. The van der Waals surface area contributed by atoms with E-state index in [1.54, 1.807) is 54.2 Å². The first kappa shape index (κ1) is 16.2. The molecule has 0 saturated carbocycles. The summed E-state index contributed by atoms with van der Waals surface area (Å²) in [6.07, 6.45) is 0. The molecule has 8 nitrogen and oxygen atoms in total. The van der Waals surface area contributed by atoms with Crippen molar-refractivity contribution in [3.05, 3.63) is 58.9 Å². The predicted molar refractivity (Wildman–Crippen MR) is 94.4 cm³/mol. The first-order valence-corrected chi connectivity index (χ1v) is 8.14. The number of amides is 1. The SMILES string of the molecule is Cn1nnc2ccc(C(=O)NCc3nc(-c4ccc(Cl)cc4)no3)cc21. The molecule has 130 valence electrons. The molecule has 26 heavy (non-hydrogen) atoms. The van der Waals surface area contributed by atoms with Crippen LogP contribution in [0.5, 0.6) is 0 Å². The van der Waals surface area contributed by atoms with Crippen molar-refractivity contribution in [2.24, 2.45) is 7.05 Å². The van der Waals surface area contributed by atoms with Crippen molar-refractivity contribution in [1.29, 1.82) is 0 Å². The Balaban J connectivity index is 1.45. The summed E-state index contributed by atoms with van der Waals surface area (Å²) < 4.78 is 6.79. The molecule has 0 aliphatic heterocycles. The number of rotatable bonds is 4. The lowest BCUT2D eigenvalue weighted by atomic mass is 10.2. The second kappa shape index (κ2) is 6.57. The number of hydrogen-bond donors (Lipinski definition) is 1. The minimum Gasteiger partial charge on any atom is -0.343 e. The summed E-state index contributed by atoms with van der Waals surface area (Å²) in [6.45, 7) is 0.126. The Labute approximate surface area is 152 Å². The van der Waals surface area contributed by atoms with Gasteiger partial charge in [-0.05, 0) is 42.5 Å². The number of carbonyl (C=O) groups is 1. The number of aromatic nitrogens is 5. The Morgan fingerprint density at radius 2 is 2.04 bits per heavy atom. The summed E-state index contributed by atoms with van der Waals surface area (Å²) in [5, 5.41) is 15.2. The minimum atomic E-state index is -0.251. The molecule has 0 radical (unpaired) electrons. The van der Waals surface area contributed by atoms with Gasteiger partial charge in [0, 0.05) is 23.2 Å². The zero-order valence-corrected chi connectivity index (χ0v) is 14.4. The smallest absolute Gasteiger partial charge is 0.251 e. The van der Waals surface area contributed by atoms with E-state index in [0.29, 0.717) is 22.3 Å². The van der Waals surface area contributed by atoms with E-state index in [2.05, 4.69) is 25.8 Å². The van der Waals surface area contributed by atoms with Crippen molar-refractivity contribution >= 4 is 28.5 Å². The molecule has 0 bridgehead atoms. The molecule has 0 aliphatic carbocycles. The number of fused-ring (bicyclic) bond motifs is 1. The average molecular weight is 369 g/mol. The van der Waals surface area contributed by atoms with Gasteiger partial charge in [-0.25, -0.2) is 4.68 Å². The van der Waals surface area contributed by atoms with Gasteiger partial charge in [-0.3, -0.25) is 4.79 Å². The van der Waals surface area contributed by atoms with Gasteiger partial charge in [-0.2, -0.15) is 4.98 Å². The summed E-state index contributed by atoms with van der Waals surface area (Å²) in [5.41, 5.74) is 2.79. The molecule has 1 N–H and O–H groups in total. The fourth-order valence-corrected chi connectivity index (χ4v) is 2.60. The summed E-state index contributed by atoms with van der Waals surface area (Å²) in [7, 11) is 1.77. The molecule has 1 amide bonds. The van der Waals surface area contributed by atoms with Gasteiger partial charge in [-0.1, -0.05) is 22.0 Å². The highest BCUT2D eigenvalue weighted by Gasteiger charge is 2.12. The van der Waals surface area contributed by atoms with Crippen LogP contribution in [-0.4, -0.2) is 31.0 Å². The van der Waals surface area contributed by atoms with Gasteiger partial charge in [0.05, 0.1) is 12.1 Å². The lowest BCUT2D eigenvalue weighted by Gasteiger charge is -2.02. The fraction of sp³-hybridized carbons (Fsp3) is 0.118. The van der Waals surface area contributed by atoms with E-state index in [0.717, 1.165) is 16.6 Å². The molecule has 0 spiro atoms. The van der Waals surface area contributed by atoms with E-state index in [1.807, 2.05) is 0 Å². The maximum atomic E-state index is 12.3. The van der Waals surface area contributed by atoms with Crippen molar-refractivity contribution < 1.29 is 9.32 Å². The number of hydrogen-bond acceptors (Lipinski definition) is 6. The molecule has 0 fully saturated rings. The van der Waals surface area contributed by atoms with Crippen LogP contribution < -0.4 is 5.32 Å². The number of benzene rings is 2. The van der Waals surface area contributed by atoms with Crippen LogP contribution in [0.15, 0.2) is 47.0 Å². The zero-order chi connectivity index (χ0) is 18.1. The highest BCUT2D eigenvalue weighted by molar-refractivity contribution is 6.30. The third-order valence-electron chi connectivity index (χ3n) is 3.84. The van der Waals surface area contributed by atoms with Crippen LogP contribution in [0.2, 0.25) is 5.02 Å². The number of aryl methyl sites for hydroxylation is 1. The molecule has 2 heterocycles. The molecular formula is C17H13ClN6O2. The largest absolute Gasteiger partial charge is 0.343 e. The third kappa shape index (κ3) is 3.14. The first-order chi connectivity index (χ1) is 12.6. The van der Waals surface area contributed by atoms with Crippen molar-refractivity contribution in [3.63, 3.8) is 0 Å². The third-order valence-corrected chi connectivity index (χ3v) is 4.10. The first-order valence-electron chi connectivity index (χ1n) is 7.76. The van der Waals surface area contributed by atoms with E-state index in [-0.39, 0.29) is 12.5 Å². The molecule has 0 aliphatic rings. The van der Waals surface area contributed by atoms with Crippen LogP contribution in [0.25, 0.3) is 22.4 Å². The highest BCUT2D eigenvalue weighted by Crippen LogP contribution is 2.18. The molecule has 0 atom stereocenters. The molecule has 0 saturated heterocycles. The molecule has 9 heteroatoms. The van der Waals surface area contributed by atoms with E-state index in [9.17, 15) is 4.79 Å². The predicted octanol–water partition coefficient (Wildman–Crippen LogP) is 2.60. The van der Waals surface area contributed by atoms with Crippen LogP contribution in [-0.2, 0) is 13.6 Å². The van der Waals surface area contributed by atoms with E-state index >= 15 is 0 Å². The second-order valence-electron chi connectivity index (χ2n) is 5.62. The van der Waals surface area contributed by atoms with E-state index < -0.39 is 0 Å². The number of nitrogens with zero attached hydrogens (tertiary/aromatic N) is 5. The van der Waals surface area contributed by atoms with Gasteiger partial charge in [0.2, 0.25) is 11.7 Å². The summed E-state index contributed by atoms with van der Waals surface area (Å²) in [4.78, 5) is 16.6. The van der Waals surface area contributed by atoms with Crippen molar-refractivity contribution in [3.8, 4) is 11.4 Å². The Hall–Kier alpha value is -3.26. The highest BCUT2D eigenvalue weighted by atomic mass is 35.5. The maximum absolute atomic E-state index is 12.3. The Morgan fingerprint density at radius 3 is 2.85 bits per heavy atom. The van der Waals surface area contributed by atoms with Gasteiger partial charge >= 0.3 is 0 Å². The molecular weight excluding hydrogens is 356 g/mol. The van der Waals surface area contributed by atoms with Crippen LogP contribution in [0.1, 0.15) is 16.2 Å². The van der Waals surface area contributed by atoms with Gasteiger partial charge < -0.3 is 9.84 Å². The van der Waals surface area contributed by atoms with Crippen LogP contribution in [0, 0.1) is 0 Å². The standard InChI is InChI=1S/C17H13ClN6O2/c1-24-14-8-11(4-7-13(14)21-23-24)17(25)19-9-15-20-16(22-26-15)10-2-5-12(18)6-3-10/h2-8H,9H2,1H3,(H,19,25). The van der Waals surface area contributed by atoms with Crippen LogP contribution >= 0.6 is 11.6 Å². The number of carbonyl (C=O) groups excluding carboxylic acids is 1. The Morgan fingerprint density at radius 1 is 1.23 bits per heavy atom. The van der Waals surface area contributed by atoms with Gasteiger partial charge in [-0.15, -0.1) is 5.10 Å². The van der Waals surface area contributed by atoms with Gasteiger partial charge in [0.25, 0.3) is 5.91 Å². The normalized spacial score (nSPS) is 11.0. The molecule has 2 aromatic carbocycles. The second-order valence-corrected chi connectivity index (χ2v) is 6.05. The summed E-state index contributed by atoms with van der Waals surface area (Å²) in [6, 6.07) is 12.3. The fourth-order valence-electron chi connectivity index (χ4n) is 2.47. The molecule has 4 rings (SSSR count). The zero-order valence-electron chi connectivity index (χ0n) is 13.7. The van der Waals surface area contributed by atoms with Crippen molar-refractivity contribution in [2.75, 3.05) is 0 Å². The Kier molecular flexibility index (Phi) is 4.10. The molecule has 0 unspecified atom stereocenters. The van der Waals surface area contributed by atoms with Crippen molar-refractivity contribution in [2.45, 2.75) is 6.54 Å². The lowest BCUT2D eigenvalue weighted by Crippen LogP contribution is -2.22. The topological polar surface area (TPSA) is 98.7 Å². The summed E-state index contributed by atoms with van der Waals surface area (Å²) >= 11 is 5.86. The molecule has 4 aromatic rings. The maximum Gasteiger partial charge on any atom is 0.251 e. The summed E-state index contributed by atoms with van der Waals surface area (Å²) in [5.74, 6) is 0.499. The van der Waals surface area contributed by atoms with Gasteiger partial charge in [0.1, 0.15) is 5.52 Å². The monoisotopic (exact) mass is 368 g/mol. The molecule has 2 aromatic heterocycles. The van der Waals surface area contributed by atoms with E-state index in [4.69, 9.17) is 16.1 Å². The Bertz CT molecular complexity index is 1090.